The smallest absolute Gasteiger partial charge is 0.261 e. The molecular weight excluding hydrogens is 264 g/mol. The maximum Gasteiger partial charge on any atom is 0.261 e. The molecule has 1 aromatic rings. The van der Waals surface area contributed by atoms with E-state index in [1.165, 1.54) is 0 Å². The van der Waals surface area contributed by atoms with Gasteiger partial charge in [0.15, 0.2) is 0 Å². The predicted molar refractivity (Wildman–Crippen MR) is 69.1 cm³/mol. The maximum absolute atomic E-state index is 14.0. The summed E-state index contributed by atoms with van der Waals surface area (Å²) >= 11 is 0. The first kappa shape index (κ1) is 13.4. The molecule has 1 N–H and O–H groups in total. The first-order valence-electron chi connectivity index (χ1n) is 6.77. The molecule has 0 saturated carbocycles. The van der Waals surface area contributed by atoms with Crippen LogP contribution in [0, 0.1) is 5.41 Å². The topological polar surface area (TPSA) is 45.2 Å². The van der Waals surface area contributed by atoms with Gasteiger partial charge < -0.3 is 5.32 Å². The molecule has 3 rings (SSSR count). The van der Waals surface area contributed by atoms with E-state index in [4.69, 9.17) is 0 Å². The minimum atomic E-state index is -2.82. The Hall–Kier alpha value is -1.56. The highest BCUT2D eigenvalue weighted by Gasteiger charge is 2.54. The minimum Gasteiger partial charge on any atom is -0.356 e. The zero-order chi connectivity index (χ0) is 14.2. The number of carbonyl (C=O) groups excluding carboxylic acids is 1. The lowest BCUT2D eigenvalue weighted by atomic mass is 9.77. The van der Waals surface area contributed by atoms with Crippen LogP contribution in [-0.2, 0) is 11.3 Å². The van der Waals surface area contributed by atoms with Crippen molar-refractivity contribution in [3.8, 4) is 0 Å². The molecule has 0 bridgehead atoms. The van der Waals surface area contributed by atoms with E-state index in [0.29, 0.717) is 26.1 Å². The standard InChI is InChI=1S/C14H17F2N3O/c15-14(16)8-13(3-5-18-12(13)20)9-19(10-14)7-11-2-1-4-17-6-11/h1-2,4,6H,3,5,7-10H2,(H,18,20)/t13-/m0/s1. The van der Waals surface area contributed by atoms with Crippen LogP contribution in [0.1, 0.15) is 18.4 Å². The van der Waals surface area contributed by atoms with Gasteiger partial charge in [0.25, 0.3) is 5.92 Å². The van der Waals surface area contributed by atoms with Gasteiger partial charge in [0.2, 0.25) is 5.91 Å². The van der Waals surface area contributed by atoms with Gasteiger partial charge in [0.05, 0.1) is 12.0 Å². The predicted octanol–water partition coefficient (Wildman–Crippen LogP) is 1.43. The molecule has 1 aromatic heterocycles. The molecule has 2 fully saturated rings. The summed E-state index contributed by atoms with van der Waals surface area (Å²) in [6.45, 7) is 0.994. The van der Waals surface area contributed by atoms with Crippen molar-refractivity contribution in [2.75, 3.05) is 19.6 Å². The van der Waals surface area contributed by atoms with Gasteiger partial charge in [-0.05, 0) is 18.1 Å². The minimum absolute atomic E-state index is 0.229. The van der Waals surface area contributed by atoms with Crippen LogP contribution in [0.15, 0.2) is 24.5 Å². The van der Waals surface area contributed by atoms with Crippen LogP contribution < -0.4 is 5.32 Å². The molecular formula is C14H17F2N3O. The summed E-state index contributed by atoms with van der Waals surface area (Å²) in [5.74, 6) is -3.05. The normalized spacial score (nSPS) is 29.6. The number of rotatable bonds is 2. The van der Waals surface area contributed by atoms with E-state index in [9.17, 15) is 13.6 Å². The SMILES string of the molecule is O=C1NCC[C@]12CN(Cc1cccnc1)CC(F)(F)C2. The van der Waals surface area contributed by atoms with Crippen molar-refractivity contribution >= 4 is 5.91 Å². The van der Waals surface area contributed by atoms with Crippen LogP contribution in [0.4, 0.5) is 8.78 Å². The van der Waals surface area contributed by atoms with Crippen molar-refractivity contribution < 1.29 is 13.6 Å². The molecule has 1 amide bonds. The molecule has 20 heavy (non-hydrogen) atoms. The highest BCUT2D eigenvalue weighted by atomic mass is 19.3. The van der Waals surface area contributed by atoms with E-state index in [0.717, 1.165) is 5.56 Å². The summed E-state index contributed by atoms with van der Waals surface area (Å²) in [4.78, 5) is 17.6. The third-order valence-corrected chi connectivity index (χ3v) is 4.08. The number of piperidine rings is 1. The number of nitrogens with one attached hydrogen (secondary N) is 1. The van der Waals surface area contributed by atoms with Crippen molar-refractivity contribution in [1.29, 1.82) is 0 Å². The Balaban J connectivity index is 1.80. The second-order valence-corrected chi connectivity index (χ2v) is 5.83. The summed E-state index contributed by atoms with van der Waals surface area (Å²) in [6, 6.07) is 3.65. The second-order valence-electron chi connectivity index (χ2n) is 5.83. The first-order chi connectivity index (χ1) is 9.49. The Bertz CT molecular complexity index is 508. The van der Waals surface area contributed by atoms with Crippen molar-refractivity contribution in [1.82, 2.24) is 15.2 Å². The molecule has 4 nitrogen and oxygen atoms in total. The van der Waals surface area contributed by atoms with E-state index in [-0.39, 0.29) is 18.9 Å². The molecule has 0 radical (unpaired) electrons. The molecule has 2 aliphatic rings. The summed E-state index contributed by atoms with van der Waals surface area (Å²) < 4.78 is 28.0. The molecule has 0 unspecified atom stereocenters. The zero-order valence-electron chi connectivity index (χ0n) is 11.1. The lowest BCUT2D eigenvalue weighted by Gasteiger charge is -2.42. The van der Waals surface area contributed by atoms with Gasteiger partial charge in [-0.3, -0.25) is 14.7 Å². The Labute approximate surface area is 116 Å². The van der Waals surface area contributed by atoms with E-state index < -0.39 is 11.3 Å². The number of alkyl halides is 2. The van der Waals surface area contributed by atoms with Gasteiger partial charge in [-0.25, -0.2) is 8.78 Å². The summed E-state index contributed by atoms with van der Waals surface area (Å²) in [7, 11) is 0. The summed E-state index contributed by atoms with van der Waals surface area (Å²) in [5.41, 5.74) is -0.0389. The molecule has 3 heterocycles. The zero-order valence-corrected chi connectivity index (χ0v) is 11.1. The van der Waals surface area contributed by atoms with E-state index in [1.807, 2.05) is 6.07 Å². The third-order valence-electron chi connectivity index (χ3n) is 4.08. The highest BCUT2D eigenvalue weighted by Crippen LogP contribution is 2.43. The quantitative estimate of drug-likeness (QED) is 0.892. The van der Waals surface area contributed by atoms with Crippen LogP contribution in [0.2, 0.25) is 0 Å². The molecule has 1 spiro atoms. The maximum atomic E-state index is 14.0. The van der Waals surface area contributed by atoms with Gasteiger partial charge in [0, 0.05) is 38.4 Å². The van der Waals surface area contributed by atoms with E-state index in [2.05, 4.69) is 10.3 Å². The number of carbonyl (C=O) groups is 1. The van der Waals surface area contributed by atoms with Crippen LogP contribution in [-0.4, -0.2) is 41.3 Å². The van der Waals surface area contributed by atoms with Crippen LogP contribution >= 0.6 is 0 Å². The summed E-state index contributed by atoms with van der Waals surface area (Å²) in [6.07, 6.45) is 3.48. The average molecular weight is 281 g/mol. The van der Waals surface area contributed by atoms with Crippen LogP contribution in [0.25, 0.3) is 0 Å². The number of amides is 1. The number of nitrogens with zero attached hydrogens (tertiary/aromatic N) is 2. The molecule has 6 heteroatoms. The van der Waals surface area contributed by atoms with Gasteiger partial charge in [-0.1, -0.05) is 6.07 Å². The fourth-order valence-electron chi connectivity index (χ4n) is 3.32. The number of halogens is 2. The Morgan fingerprint density at radius 2 is 2.25 bits per heavy atom. The number of hydrogen-bond donors (Lipinski definition) is 1. The molecule has 108 valence electrons. The van der Waals surface area contributed by atoms with Crippen molar-refractivity contribution in [3.63, 3.8) is 0 Å². The average Bonchev–Trinajstić information content (AvgIpc) is 2.69. The fraction of sp³-hybridized carbons (Fsp3) is 0.571. The van der Waals surface area contributed by atoms with Gasteiger partial charge in [-0.2, -0.15) is 0 Å². The Morgan fingerprint density at radius 1 is 1.40 bits per heavy atom. The lowest BCUT2D eigenvalue weighted by Crippen LogP contribution is -2.54. The van der Waals surface area contributed by atoms with Crippen molar-refractivity contribution in [3.05, 3.63) is 30.1 Å². The monoisotopic (exact) mass is 281 g/mol. The van der Waals surface area contributed by atoms with E-state index in [1.54, 1.807) is 23.4 Å². The number of hydrogen-bond acceptors (Lipinski definition) is 3. The number of pyridine rings is 1. The Kier molecular flexibility index (Phi) is 3.20. The molecule has 0 aliphatic carbocycles. The third kappa shape index (κ3) is 2.52. The van der Waals surface area contributed by atoms with Crippen molar-refractivity contribution in [2.45, 2.75) is 25.3 Å². The van der Waals surface area contributed by atoms with Gasteiger partial charge in [-0.15, -0.1) is 0 Å². The van der Waals surface area contributed by atoms with Crippen LogP contribution in [0.5, 0.6) is 0 Å². The van der Waals surface area contributed by atoms with Crippen LogP contribution in [0.3, 0.4) is 0 Å². The number of likely N-dealkylation sites (tertiary alicyclic amines) is 1. The second kappa shape index (κ2) is 4.77. The van der Waals surface area contributed by atoms with Gasteiger partial charge in [0.1, 0.15) is 0 Å². The molecule has 2 saturated heterocycles. The first-order valence-corrected chi connectivity index (χ1v) is 6.77. The fourth-order valence-corrected chi connectivity index (χ4v) is 3.32. The summed E-state index contributed by atoms with van der Waals surface area (Å²) in [5, 5.41) is 2.69. The molecule has 1 atom stereocenters. The van der Waals surface area contributed by atoms with Crippen molar-refractivity contribution in [2.24, 2.45) is 5.41 Å². The van der Waals surface area contributed by atoms with E-state index >= 15 is 0 Å². The molecule has 2 aliphatic heterocycles. The van der Waals surface area contributed by atoms with Gasteiger partial charge >= 0.3 is 0 Å². The molecule has 0 aromatic carbocycles. The number of aromatic nitrogens is 1. The lowest BCUT2D eigenvalue weighted by molar-refractivity contribution is -0.149. The Morgan fingerprint density at radius 3 is 2.90 bits per heavy atom. The largest absolute Gasteiger partial charge is 0.356 e. The highest BCUT2D eigenvalue weighted by molar-refractivity contribution is 5.85.